The maximum Gasteiger partial charge on any atom is 0.165 e. The Balaban J connectivity index is 1.37. The van der Waals surface area contributed by atoms with Crippen LogP contribution in [0, 0.1) is 23.7 Å². The first-order chi connectivity index (χ1) is 17.8. The molecule has 9 rings (SSSR count). The predicted molar refractivity (Wildman–Crippen MR) is 141 cm³/mol. The highest BCUT2D eigenvalue weighted by atomic mass is 16.6. The zero-order valence-electron chi connectivity index (χ0n) is 22.0. The topological polar surface area (TPSA) is 62.2 Å². The van der Waals surface area contributed by atoms with Crippen molar-refractivity contribution in [2.24, 2.45) is 16.7 Å². The Labute approximate surface area is 219 Å². The van der Waals surface area contributed by atoms with Crippen LogP contribution in [0.4, 0.5) is 0 Å². The number of methoxy groups -OCH3 is 1. The fraction of sp³-hybridized carbons (Fsp3) is 0.562. The van der Waals surface area contributed by atoms with E-state index in [9.17, 15) is 10.2 Å². The minimum atomic E-state index is -0.831. The van der Waals surface area contributed by atoms with Crippen molar-refractivity contribution in [1.82, 2.24) is 4.90 Å². The highest BCUT2D eigenvalue weighted by molar-refractivity contribution is 5.65. The minimum Gasteiger partial charge on any atom is -0.504 e. The lowest BCUT2D eigenvalue weighted by Gasteiger charge is -2.74. The molecule has 2 aromatic carbocycles. The molecule has 7 atom stereocenters. The SMILES string of the molecule is CO[C@]12C=C[C@@]3(C[C@]1(C)[C@H](O)c1ccc(C)cc1)[C@H]1Cc4ccc(O)c5c4[C@@]3(CCN1CC1CC1)[C@H]2O5. The van der Waals surface area contributed by atoms with E-state index in [1.165, 1.54) is 29.5 Å². The number of hydrogen-bond donors (Lipinski definition) is 2. The van der Waals surface area contributed by atoms with Gasteiger partial charge in [-0.05, 0) is 68.7 Å². The summed E-state index contributed by atoms with van der Waals surface area (Å²) in [4.78, 5) is 2.77. The van der Waals surface area contributed by atoms with Crippen molar-refractivity contribution < 1.29 is 19.7 Å². The summed E-state index contributed by atoms with van der Waals surface area (Å²) in [6.07, 6.45) is 9.13. The lowest BCUT2D eigenvalue weighted by molar-refractivity contribution is -0.270. The number of fused-ring (bicyclic) bond motifs is 1. The molecule has 2 aromatic rings. The van der Waals surface area contributed by atoms with E-state index in [1.54, 1.807) is 7.11 Å². The van der Waals surface area contributed by atoms with Crippen molar-refractivity contribution in [2.75, 3.05) is 20.2 Å². The van der Waals surface area contributed by atoms with Crippen LogP contribution in [-0.2, 0) is 16.6 Å². The summed E-state index contributed by atoms with van der Waals surface area (Å²) in [6.45, 7) is 6.49. The molecule has 2 aliphatic heterocycles. The Morgan fingerprint density at radius 1 is 1.14 bits per heavy atom. The first-order valence-corrected chi connectivity index (χ1v) is 14.1. The molecule has 1 saturated heterocycles. The average Bonchev–Trinajstić information content (AvgIpc) is 3.64. The van der Waals surface area contributed by atoms with E-state index in [0.29, 0.717) is 11.8 Å². The third kappa shape index (κ3) is 2.44. The molecule has 37 heavy (non-hydrogen) atoms. The molecule has 2 saturated carbocycles. The van der Waals surface area contributed by atoms with Crippen LogP contribution in [0.1, 0.15) is 61.0 Å². The highest BCUT2D eigenvalue weighted by Crippen LogP contribution is 2.78. The number of aromatic hydroxyl groups is 1. The van der Waals surface area contributed by atoms with Crippen molar-refractivity contribution in [1.29, 1.82) is 0 Å². The zero-order chi connectivity index (χ0) is 25.4. The maximum atomic E-state index is 12.2. The number of likely N-dealkylation sites (tertiary alicyclic amines) is 1. The van der Waals surface area contributed by atoms with Gasteiger partial charge in [-0.1, -0.05) is 55.0 Å². The van der Waals surface area contributed by atoms with Gasteiger partial charge >= 0.3 is 0 Å². The van der Waals surface area contributed by atoms with Crippen LogP contribution in [0.5, 0.6) is 11.5 Å². The van der Waals surface area contributed by atoms with Gasteiger partial charge in [0.25, 0.3) is 0 Å². The van der Waals surface area contributed by atoms with Gasteiger partial charge in [-0.2, -0.15) is 0 Å². The molecule has 5 nitrogen and oxygen atoms in total. The van der Waals surface area contributed by atoms with Crippen molar-refractivity contribution in [3.8, 4) is 11.5 Å². The molecule has 4 bridgehead atoms. The number of ether oxygens (including phenoxy) is 2. The second-order valence-electron chi connectivity index (χ2n) is 13.1. The molecular formula is C32H37NO4. The molecule has 0 unspecified atom stereocenters. The summed E-state index contributed by atoms with van der Waals surface area (Å²) >= 11 is 0. The number of phenols is 1. The fourth-order valence-corrected chi connectivity index (χ4v) is 9.65. The van der Waals surface area contributed by atoms with E-state index >= 15 is 0 Å². The summed E-state index contributed by atoms with van der Waals surface area (Å²) in [6, 6.07) is 12.6. The zero-order valence-corrected chi connectivity index (χ0v) is 22.0. The monoisotopic (exact) mass is 499 g/mol. The number of phenolic OH excluding ortho intramolecular Hbond substituents is 1. The Morgan fingerprint density at radius 2 is 1.92 bits per heavy atom. The molecule has 3 fully saturated rings. The molecule has 7 aliphatic rings. The Morgan fingerprint density at radius 3 is 2.65 bits per heavy atom. The lowest BCUT2D eigenvalue weighted by atomic mass is 9.33. The van der Waals surface area contributed by atoms with Crippen LogP contribution in [0.2, 0.25) is 0 Å². The maximum absolute atomic E-state index is 12.2. The van der Waals surface area contributed by atoms with Crippen LogP contribution < -0.4 is 4.74 Å². The van der Waals surface area contributed by atoms with Crippen molar-refractivity contribution in [3.05, 3.63) is 70.8 Å². The average molecular weight is 500 g/mol. The van der Waals surface area contributed by atoms with E-state index in [1.807, 2.05) is 6.07 Å². The standard InChI is InChI=1S/C32H37NO4/c1-19-4-8-21(9-5-19)27(35)29(2)18-30-12-13-32(29,36-3)28-31(30)14-15-33(17-20-6-7-20)24(30)16-22-10-11-23(34)26(37-28)25(22)31/h4-5,8-13,20,24,27-28,34-35H,6-7,14-18H2,1-3H3/t24-,27-,28-,29-,30-,31+,32+/m1/s1. The van der Waals surface area contributed by atoms with Crippen LogP contribution in [-0.4, -0.2) is 53.1 Å². The minimum absolute atomic E-state index is 0.197. The fourth-order valence-electron chi connectivity index (χ4n) is 9.65. The van der Waals surface area contributed by atoms with Gasteiger partial charge in [-0.25, -0.2) is 0 Å². The number of aliphatic hydroxyl groups is 1. The molecule has 0 aromatic heterocycles. The lowest BCUT2D eigenvalue weighted by Crippen LogP contribution is -2.81. The normalized spacial score (nSPS) is 41.4. The number of rotatable bonds is 5. The second kappa shape index (κ2) is 6.99. The van der Waals surface area contributed by atoms with Gasteiger partial charge in [0.05, 0.1) is 11.5 Å². The molecule has 5 heteroatoms. The highest BCUT2D eigenvalue weighted by Gasteiger charge is 2.82. The molecule has 2 N–H and O–H groups in total. The second-order valence-corrected chi connectivity index (χ2v) is 13.1. The van der Waals surface area contributed by atoms with Crippen LogP contribution in [0.25, 0.3) is 0 Å². The summed E-state index contributed by atoms with van der Waals surface area (Å²) in [5.74, 6) is 1.69. The van der Waals surface area contributed by atoms with Gasteiger partial charge in [0.1, 0.15) is 11.7 Å². The molecule has 194 valence electrons. The summed E-state index contributed by atoms with van der Waals surface area (Å²) in [5.41, 5.74) is 2.73. The van der Waals surface area contributed by atoms with Gasteiger partial charge < -0.3 is 19.7 Å². The molecule has 5 aliphatic carbocycles. The van der Waals surface area contributed by atoms with Crippen molar-refractivity contribution in [2.45, 2.75) is 75.2 Å². The quantitative estimate of drug-likeness (QED) is 0.578. The van der Waals surface area contributed by atoms with Crippen LogP contribution in [0.15, 0.2) is 48.6 Å². The van der Waals surface area contributed by atoms with E-state index in [0.717, 1.165) is 43.8 Å². The number of aliphatic hydroxyl groups excluding tert-OH is 1. The molecular weight excluding hydrogens is 462 g/mol. The van der Waals surface area contributed by atoms with Crippen LogP contribution >= 0.6 is 0 Å². The first kappa shape index (κ1) is 22.6. The molecule has 0 amide bonds. The largest absolute Gasteiger partial charge is 0.504 e. The van der Waals surface area contributed by atoms with E-state index in [4.69, 9.17) is 9.47 Å². The summed E-state index contributed by atoms with van der Waals surface area (Å²) < 4.78 is 13.5. The molecule has 0 radical (unpaired) electrons. The number of benzene rings is 2. The number of nitrogens with zero attached hydrogens (tertiary/aromatic N) is 1. The van der Waals surface area contributed by atoms with E-state index < -0.39 is 17.1 Å². The summed E-state index contributed by atoms with van der Waals surface area (Å²) in [7, 11) is 1.77. The number of piperidine rings is 1. The smallest absolute Gasteiger partial charge is 0.165 e. The third-order valence-electron chi connectivity index (χ3n) is 11.5. The third-order valence-corrected chi connectivity index (χ3v) is 11.5. The van der Waals surface area contributed by atoms with Gasteiger partial charge in [-0.15, -0.1) is 0 Å². The molecule has 2 heterocycles. The van der Waals surface area contributed by atoms with Gasteiger partial charge in [0.15, 0.2) is 11.5 Å². The Kier molecular flexibility index (Phi) is 4.28. The van der Waals surface area contributed by atoms with Gasteiger partial charge in [-0.3, -0.25) is 4.90 Å². The van der Waals surface area contributed by atoms with E-state index in [2.05, 4.69) is 61.2 Å². The summed E-state index contributed by atoms with van der Waals surface area (Å²) in [5, 5.41) is 23.2. The van der Waals surface area contributed by atoms with Gasteiger partial charge in [0.2, 0.25) is 0 Å². The van der Waals surface area contributed by atoms with Crippen LogP contribution in [0.3, 0.4) is 0 Å². The first-order valence-electron chi connectivity index (χ1n) is 14.1. The Bertz CT molecular complexity index is 1330. The van der Waals surface area contributed by atoms with Gasteiger partial charge in [0, 0.05) is 36.1 Å². The van der Waals surface area contributed by atoms with E-state index in [-0.39, 0.29) is 22.7 Å². The predicted octanol–water partition coefficient (Wildman–Crippen LogP) is 4.82. The van der Waals surface area contributed by atoms with Crippen molar-refractivity contribution in [3.63, 3.8) is 0 Å². The number of hydrogen-bond acceptors (Lipinski definition) is 5. The number of aryl methyl sites for hydroxylation is 1. The Hall–Kier alpha value is -2.34. The molecule has 2 spiro atoms. The van der Waals surface area contributed by atoms with Crippen molar-refractivity contribution >= 4 is 0 Å².